The van der Waals surface area contributed by atoms with Crippen LogP contribution in [-0.4, -0.2) is 65.7 Å². The Bertz CT molecular complexity index is 842. The van der Waals surface area contributed by atoms with Crippen LogP contribution in [-0.2, 0) is 32.7 Å². The second kappa shape index (κ2) is 38.3. The van der Waals surface area contributed by atoms with Crippen LogP contribution in [0.25, 0.3) is 0 Å². The number of phosphoric acid groups is 1. The highest BCUT2D eigenvalue weighted by molar-refractivity contribution is 7.47. The van der Waals surface area contributed by atoms with Crippen LogP contribution in [0, 0.1) is 0 Å². The van der Waals surface area contributed by atoms with Gasteiger partial charge in [0.25, 0.3) is 0 Å². The summed E-state index contributed by atoms with van der Waals surface area (Å²) in [4.78, 5) is 34.9. The number of aliphatic hydroxyl groups excluding tert-OH is 2. The van der Waals surface area contributed by atoms with E-state index in [1.807, 2.05) is 0 Å². The molecule has 0 aliphatic heterocycles. The number of carbonyl (C=O) groups excluding carboxylic acids is 2. The van der Waals surface area contributed by atoms with E-state index < -0.39 is 51.8 Å². The van der Waals surface area contributed by atoms with Crippen molar-refractivity contribution < 1.29 is 47.8 Å². The first-order valence-corrected chi connectivity index (χ1v) is 23.0. The number of carbonyl (C=O) groups is 2. The SMILES string of the molecule is CCCCCCCCCCCCCCCCCCCCCC(=O)OC[C@H](COP(=O)(O)OC[C@@H](O)CO)OC(=O)CCCCCCCCCCCC. The number of hydrogen-bond acceptors (Lipinski definition) is 9. The molecule has 0 aromatic carbocycles. The highest BCUT2D eigenvalue weighted by atomic mass is 31.2. The molecule has 52 heavy (non-hydrogen) atoms. The van der Waals surface area contributed by atoms with Gasteiger partial charge in [-0.25, -0.2) is 4.57 Å². The number of unbranched alkanes of at least 4 members (excludes halogenated alkanes) is 27. The number of aliphatic hydroxyl groups is 2. The normalized spacial score (nSPS) is 13.9. The molecule has 0 bridgehead atoms. The second-order valence-corrected chi connectivity index (χ2v) is 16.2. The average Bonchev–Trinajstić information content (AvgIpc) is 3.13. The Balaban J connectivity index is 4.16. The van der Waals surface area contributed by atoms with E-state index in [9.17, 15) is 24.2 Å². The minimum absolute atomic E-state index is 0.191. The van der Waals surface area contributed by atoms with Crippen LogP contribution in [0.2, 0.25) is 0 Å². The van der Waals surface area contributed by atoms with Crippen molar-refractivity contribution in [2.45, 2.75) is 225 Å². The van der Waals surface area contributed by atoms with Gasteiger partial charge in [-0.3, -0.25) is 18.6 Å². The molecule has 0 fully saturated rings. The average molecular weight is 765 g/mol. The fraction of sp³-hybridized carbons (Fsp3) is 0.951. The van der Waals surface area contributed by atoms with Crippen LogP contribution in [0.15, 0.2) is 0 Å². The van der Waals surface area contributed by atoms with E-state index in [1.165, 1.54) is 141 Å². The van der Waals surface area contributed by atoms with E-state index in [1.54, 1.807) is 0 Å². The fourth-order valence-corrected chi connectivity index (χ4v) is 6.96. The minimum atomic E-state index is -4.60. The number of ether oxygens (including phenoxy) is 2. The molecule has 0 spiro atoms. The Kier molecular flexibility index (Phi) is 37.5. The van der Waals surface area contributed by atoms with E-state index in [2.05, 4.69) is 18.4 Å². The predicted molar refractivity (Wildman–Crippen MR) is 210 cm³/mol. The van der Waals surface area contributed by atoms with E-state index in [-0.39, 0.29) is 19.4 Å². The van der Waals surface area contributed by atoms with Crippen LogP contribution in [0.1, 0.15) is 213 Å². The van der Waals surface area contributed by atoms with Crippen LogP contribution in [0.5, 0.6) is 0 Å². The van der Waals surface area contributed by atoms with E-state index in [0.717, 1.165) is 32.1 Å². The third-order valence-electron chi connectivity index (χ3n) is 9.51. The van der Waals surface area contributed by atoms with E-state index in [0.29, 0.717) is 12.8 Å². The monoisotopic (exact) mass is 765 g/mol. The van der Waals surface area contributed by atoms with Crippen molar-refractivity contribution in [3.05, 3.63) is 0 Å². The molecule has 10 nitrogen and oxygen atoms in total. The minimum Gasteiger partial charge on any atom is -0.462 e. The van der Waals surface area contributed by atoms with Crippen LogP contribution >= 0.6 is 7.82 Å². The maximum absolute atomic E-state index is 12.5. The fourth-order valence-electron chi connectivity index (χ4n) is 6.17. The lowest BCUT2D eigenvalue weighted by molar-refractivity contribution is -0.161. The Morgan fingerprint density at radius 2 is 0.827 bits per heavy atom. The largest absolute Gasteiger partial charge is 0.472 e. The van der Waals surface area contributed by atoms with Crippen molar-refractivity contribution in [1.82, 2.24) is 0 Å². The van der Waals surface area contributed by atoms with Crippen molar-refractivity contribution in [3.8, 4) is 0 Å². The lowest BCUT2D eigenvalue weighted by Crippen LogP contribution is -2.29. The smallest absolute Gasteiger partial charge is 0.462 e. The number of rotatable bonds is 41. The highest BCUT2D eigenvalue weighted by Gasteiger charge is 2.27. The first-order valence-electron chi connectivity index (χ1n) is 21.5. The predicted octanol–water partition coefficient (Wildman–Crippen LogP) is 11.1. The van der Waals surface area contributed by atoms with Gasteiger partial charge in [-0.2, -0.15) is 0 Å². The van der Waals surface area contributed by atoms with Crippen molar-refractivity contribution >= 4 is 19.8 Å². The zero-order valence-electron chi connectivity index (χ0n) is 33.6. The molecule has 1 unspecified atom stereocenters. The summed E-state index contributed by atoms with van der Waals surface area (Å²) in [7, 11) is -4.60. The topological polar surface area (TPSA) is 149 Å². The van der Waals surface area contributed by atoms with Gasteiger partial charge in [-0.15, -0.1) is 0 Å². The second-order valence-electron chi connectivity index (χ2n) is 14.7. The summed E-state index contributed by atoms with van der Waals surface area (Å²) in [5, 5.41) is 18.3. The Morgan fingerprint density at radius 3 is 1.19 bits per heavy atom. The van der Waals surface area contributed by atoms with Crippen molar-refractivity contribution in [1.29, 1.82) is 0 Å². The summed E-state index contributed by atoms with van der Waals surface area (Å²) in [6.45, 7) is 2.39. The van der Waals surface area contributed by atoms with Crippen molar-refractivity contribution in [3.63, 3.8) is 0 Å². The van der Waals surface area contributed by atoms with Gasteiger partial charge >= 0.3 is 19.8 Å². The third kappa shape index (κ3) is 37.3. The molecule has 0 saturated carbocycles. The van der Waals surface area contributed by atoms with Gasteiger partial charge in [0.05, 0.1) is 19.8 Å². The number of hydrogen-bond donors (Lipinski definition) is 3. The van der Waals surface area contributed by atoms with Crippen LogP contribution in [0.4, 0.5) is 0 Å². The molecule has 0 amide bonds. The first-order chi connectivity index (χ1) is 25.2. The zero-order valence-corrected chi connectivity index (χ0v) is 34.4. The molecule has 3 atom stereocenters. The molecular weight excluding hydrogens is 683 g/mol. The molecule has 0 aromatic rings. The summed E-state index contributed by atoms with van der Waals surface area (Å²) >= 11 is 0. The van der Waals surface area contributed by atoms with Gasteiger partial charge in [-0.1, -0.05) is 187 Å². The van der Waals surface area contributed by atoms with E-state index >= 15 is 0 Å². The van der Waals surface area contributed by atoms with Crippen LogP contribution < -0.4 is 0 Å². The molecule has 0 aliphatic carbocycles. The van der Waals surface area contributed by atoms with Gasteiger partial charge in [0, 0.05) is 12.8 Å². The maximum atomic E-state index is 12.5. The highest BCUT2D eigenvalue weighted by Crippen LogP contribution is 2.43. The summed E-state index contributed by atoms with van der Waals surface area (Å²) in [6, 6.07) is 0. The quantitative estimate of drug-likeness (QED) is 0.0312. The number of esters is 2. The molecule has 0 rings (SSSR count). The lowest BCUT2D eigenvalue weighted by Gasteiger charge is -2.20. The van der Waals surface area contributed by atoms with Gasteiger partial charge in [0.2, 0.25) is 0 Å². The van der Waals surface area contributed by atoms with Gasteiger partial charge in [0.1, 0.15) is 12.7 Å². The van der Waals surface area contributed by atoms with E-state index in [4.69, 9.17) is 19.1 Å². The molecule has 3 N–H and O–H groups in total. The summed E-state index contributed by atoms with van der Waals surface area (Å²) in [6.07, 6.45) is 33.6. The lowest BCUT2D eigenvalue weighted by atomic mass is 10.0. The van der Waals surface area contributed by atoms with Crippen molar-refractivity contribution in [2.75, 3.05) is 26.4 Å². The molecule has 0 radical (unpaired) electrons. The molecule has 0 aromatic heterocycles. The van der Waals surface area contributed by atoms with Crippen molar-refractivity contribution in [2.24, 2.45) is 0 Å². The van der Waals surface area contributed by atoms with Gasteiger partial charge in [0.15, 0.2) is 6.10 Å². The Hall–Kier alpha value is -1.03. The standard InChI is InChI=1S/C41H81O10P/c1-3-5-7-9-11-13-15-16-17-18-19-20-21-22-23-25-26-28-30-32-40(44)48-36-39(37-50-52(46,47)49-35-38(43)34-42)51-41(45)33-31-29-27-24-14-12-10-8-6-4-2/h38-39,42-43H,3-37H2,1-2H3,(H,46,47)/t38-,39+/m0/s1. The molecule has 310 valence electrons. The maximum Gasteiger partial charge on any atom is 0.472 e. The van der Waals surface area contributed by atoms with Gasteiger partial charge in [-0.05, 0) is 12.8 Å². The first kappa shape index (κ1) is 51.0. The number of phosphoric ester groups is 1. The third-order valence-corrected chi connectivity index (χ3v) is 10.5. The summed E-state index contributed by atoms with van der Waals surface area (Å²) < 4.78 is 32.6. The molecule has 11 heteroatoms. The van der Waals surface area contributed by atoms with Gasteiger partial charge < -0.3 is 24.6 Å². The molecule has 0 heterocycles. The molecule has 0 aliphatic rings. The molecule has 0 saturated heterocycles. The Labute approximate surface area is 318 Å². The summed E-state index contributed by atoms with van der Waals surface area (Å²) in [5.41, 5.74) is 0. The zero-order chi connectivity index (χ0) is 38.4. The Morgan fingerprint density at radius 1 is 0.500 bits per heavy atom. The molecular formula is C41H81O10P. The van der Waals surface area contributed by atoms with Crippen LogP contribution in [0.3, 0.4) is 0 Å². The summed E-state index contributed by atoms with van der Waals surface area (Å²) in [5.74, 6) is -0.912.